The molecule has 1 aliphatic heterocycles. The molecule has 1 unspecified atom stereocenters. The monoisotopic (exact) mass is 280 g/mol. The number of hydrogen-bond donors (Lipinski definition) is 3. The minimum atomic E-state index is -1.24. The van der Waals surface area contributed by atoms with Crippen molar-refractivity contribution in [1.29, 1.82) is 0 Å². The number of aliphatic hydroxyl groups is 2. The van der Waals surface area contributed by atoms with E-state index in [0.717, 1.165) is 4.57 Å². The van der Waals surface area contributed by atoms with E-state index < -0.39 is 35.9 Å². The van der Waals surface area contributed by atoms with Crippen LogP contribution in [0.3, 0.4) is 0 Å². The number of H-pyrrole nitrogens is 1. The van der Waals surface area contributed by atoms with Crippen LogP contribution in [-0.2, 0) is 4.74 Å². The molecule has 3 heterocycles. The normalized spacial score (nSPS) is 29.9. The van der Waals surface area contributed by atoms with E-state index in [-0.39, 0.29) is 5.65 Å². The van der Waals surface area contributed by atoms with Gasteiger partial charge in [-0.1, -0.05) is 0 Å². The van der Waals surface area contributed by atoms with Crippen molar-refractivity contribution in [1.82, 2.24) is 19.5 Å². The van der Waals surface area contributed by atoms with Crippen LogP contribution in [-0.4, -0.2) is 48.0 Å². The van der Waals surface area contributed by atoms with Crippen LogP contribution < -0.4 is 11.4 Å². The molecule has 0 aromatic carbocycles. The summed E-state index contributed by atoms with van der Waals surface area (Å²) in [6, 6.07) is 0. The number of nitrogens with one attached hydrogen (secondary N) is 1. The van der Waals surface area contributed by atoms with Gasteiger partial charge in [-0.05, 0) is 6.92 Å². The predicted molar refractivity (Wildman–Crippen MR) is 66.0 cm³/mol. The molecular formula is C11H12N4O5. The lowest BCUT2D eigenvalue weighted by Crippen LogP contribution is -2.35. The van der Waals surface area contributed by atoms with Crippen molar-refractivity contribution in [2.75, 3.05) is 0 Å². The Balaban J connectivity index is 2.13. The van der Waals surface area contributed by atoms with Gasteiger partial charge in [0.25, 0.3) is 0 Å². The molecule has 1 fully saturated rings. The SMILES string of the molecule is C[C@H]1O[C@@H](n2cc3cnc(=O)[nH]c3nc2=O)[C@@H](O)C1O. The van der Waals surface area contributed by atoms with Gasteiger partial charge >= 0.3 is 11.4 Å². The first kappa shape index (κ1) is 12.9. The first-order chi connectivity index (χ1) is 9.47. The summed E-state index contributed by atoms with van der Waals surface area (Å²) in [5.41, 5.74) is -1.21. The summed E-state index contributed by atoms with van der Waals surface area (Å²) < 4.78 is 6.43. The van der Waals surface area contributed by atoms with Crippen molar-refractivity contribution < 1.29 is 14.9 Å². The smallest absolute Gasteiger partial charge is 0.351 e. The zero-order valence-electron chi connectivity index (χ0n) is 10.4. The minimum Gasteiger partial charge on any atom is -0.388 e. The number of nitrogens with zero attached hydrogens (tertiary/aromatic N) is 3. The average Bonchev–Trinajstić information content (AvgIpc) is 2.65. The van der Waals surface area contributed by atoms with E-state index in [9.17, 15) is 19.8 Å². The van der Waals surface area contributed by atoms with Gasteiger partial charge in [-0.3, -0.25) is 9.55 Å². The molecule has 2 aromatic heterocycles. The summed E-state index contributed by atoms with van der Waals surface area (Å²) in [5.74, 6) is 0. The molecule has 0 bridgehead atoms. The van der Waals surface area contributed by atoms with E-state index in [1.807, 2.05) is 0 Å². The van der Waals surface area contributed by atoms with Gasteiger partial charge in [0.1, 0.15) is 17.9 Å². The van der Waals surface area contributed by atoms with E-state index in [0.29, 0.717) is 5.39 Å². The van der Waals surface area contributed by atoms with E-state index in [1.54, 1.807) is 6.92 Å². The quantitative estimate of drug-likeness (QED) is 0.557. The van der Waals surface area contributed by atoms with Crippen LogP contribution in [0, 0.1) is 0 Å². The fourth-order valence-corrected chi connectivity index (χ4v) is 2.18. The summed E-state index contributed by atoms with van der Waals surface area (Å²) in [6.45, 7) is 1.59. The second-order valence-corrected chi connectivity index (χ2v) is 4.64. The Hall–Kier alpha value is -2.10. The van der Waals surface area contributed by atoms with E-state index in [1.165, 1.54) is 12.4 Å². The molecule has 0 amide bonds. The third-order valence-electron chi connectivity index (χ3n) is 3.28. The molecule has 20 heavy (non-hydrogen) atoms. The Labute approximate surface area is 111 Å². The van der Waals surface area contributed by atoms with Gasteiger partial charge in [-0.2, -0.15) is 4.98 Å². The molecule has 9 heteroatoms. The van der Waals surface area contributed by atoms with Crippen molar-refractivity contribution in [3.63, 3.8) is 0 Å². The maximum absolute atomic E-state index is 11.9. The highest BCUT2D eigenvalue weighted by Crippen LogP contribution is 2.28. The lowest BCUT2D eigenvalue weighted by molar-refractivity contribution is -0.0347. The molecule has 3 rings (SSSR count). The topological polar surface area (TPSA) is 130 Å². The minimum absolute atomic E-state index is 0.104. The number of aromatic amines is 1. The first-order valence-corrected chi connectivity index (χ1v) is 5.97. The summed E-state index contributed by atoms with van der Waals surface area (Å²) in [6.07, 6.45) is -1.33. The van der Waals surface area contributed by atoms with Gasteiger partial charge < -0.3 is 14.9 Å². The zero-order chi connectivity index (χ0) is 14.4. The van der Waals surface area contributed by atoms with Crippen molar-refractivity contribution >= 4 is 11.0 Å². The van der Waals surface area contributed by atoms with Gasteiger partial charge in [0.05, 0.1) is 11.5 Å². The average molecular weight is 280 g/mol. The van der Waals surface area contributed by atoms with Crippen molar-refractivity contribution in [2.24, 2.45) is 0 Å². The number of ether oxygens (including phenoxy) is 1. The molecule has 0 aliphatic carbocycles. The lowest BCUT2D eigenvalue weighted by atomic mass is 10.1. The van der Waals surface area contributed by atoms with Crippen LogP contribution in [0.25, 0.3) is 11.0 Å². The summed E-state index contributed by atoms with van der Waals surface area (Å²) in [4.78, 5) is 32.6. The number of aromatic nitrogens is 4. The van der Waals surface area contributed by atoms with Gasteiger partial charge in [0, 0.05) is 12.4 Å². The number of fused-ring (bicyclic) bond motifs is 1. The van der Waals surface area contributed by atoms with Gasteiger partial charge in [0.15, 0.2) is 6.23 Å². The lowest BCUT2D eigenvalue weighted by Gasteiger charge is -2.17. The van der Waals surface area contributed by atoms with Crippen molar-refractivity contribution in [2.45, 2.75) is 31.5 Å². The molecule has 1 aliphatic rings. The number of aliphatic hydroxyl groups excluding tert-OH is 2. The Bertz CT molecular complexity index is 769. The Kier molecular flexibility index (Phi) is 2.89. The van der Waals surface area contributed by atoms with Crippen LogP contribution in [0.4, 0.5) is 0 Å². The van der Waals surface area contributed by atoms with Crippen LogP contribution in [0.5, 0.6) is 0 Å². The van der Waals surface area contributed by atoms with Gasteiger partial charge in [-0.15, -0.1) is 0 Å². The van der Waals surface area contributed by atoms with Gasteiger partial charge in [-0.25, -0.2) is 14.6 Å². The summed E-state index contributed by atoms with van der Waals surface area (Å²) in [5, 5.41) is 20.0. The van der Waals surface area contributed by atoms with Crippen LogP contribution >= 0.6 is 0 Å². The van der Waals surface area contributed by atoms with Crippen molar-refractivity contribution in [3.05, 3.63) is 33.4 Å². The number of hydrogen-bond acceptors (Lipinski definition) is 7. The first-order valence-electron chi connectivity index (χ1n) is 5.97. The molecule has 2 aromatic rings. The molecule has 9 nitrogen and oxygen atoms in total. The van der Waals surface area contributed by atoms with E-state index in [2.05, 4.69) is 15.0 Å². The standard InChI is InChI=1S/C11H12N4O5/c1-4-6(16)7(17)9(20-4)15-3-5-2-12-10(18)13-8(5)14-11(15)19/h2-4,6-7,9,16-17H,1H3,(H,13,14,18,19)/t4-,6?,7+,9-/m1/s1. The maximum Gasteiger partial charge on any atom is 0.351 e. The second kappa shape index (κ2) is 4.47. The fourth-order valence-electron chi connectivity index (χ4n) is 2.18. The van der Waals surface area contributed by atoms with E-state index in [4.69, 9.17) is 4.74 Å². The molecule has 106 valence electrons. The van der Waals surface area contributed by atoms with E-state index >= 15 is 0 Å². The number of rotatable bonds is 1. The van der Waals surface area contributed by atoms with Crippen LogP contribution in [0.1, 0.15) is 13.2 Å². The highest BCUT2D eigenvalue weighted by molar-refractivity contribution is 5.71. The second-order valence-electron chi connectivity index (χ2n) is 4.64. The predicted octanol–water partition coefficient (Wildman–Crippen LogP) is -1.88. The van der Waals surface area contributed by atoms with Crippen LogP contribution in [0.15, 0.2) is 22.0 Å². The summed E-state index contributed by atoms with van der Waals surface area (Å²) in [7, 11) is 0. The third-order valence-corrected chi connectivity index (χ3v) is 3.28. The molecule has 4 atom stereocenters. The van der Waals surface area contributed by atoms with Crippen molar-refractivity contribution in [3.8, 4) is 0 Å². The zero-order valence-corrected chi connectivity index (χ0v) is 10.4. The third kappa shape index (κ3) is 1.92. The Morgan fingerprint density at radius 3 is 2.75 bits per heavy atom. The molecule has 0 saturated carbocycles. The van der Waals surface area contributed by atoms with Crippen LogP contribution in [0.2, 0.25) is 0 Å². The molecule has 3 N–H and O–H groups in total. The maximum atomic E-state index is 11.9. The molecule has 0 radical (unpaired) electrons. The molecule has 1 saturated heterocycles. The largest absolute Gasteiger partial charge is 0.388 e. The fraction of sp³-hybridized carbons (Fsp3) is 0.455. The Morgan fingerprint density at radius 2 is 2.10 bits per heavy atom. The highest BCUT2D eigenvalue weighted by Gasteiger charge is 2.41. The van der Waals surface area contributed by atoms with Gasteiger partial charge in [0.2, 0.25) is 0 Å². The highest BCUT2D eigenvalue weighted by atomic mass is 16.6. The summed E-state index contributed by atoms with van der Waals surface area (Å²) >= 11 is 0. The molecular weight excluding hydrogens is 268 g/mol. The molecule has 0 spiro atoms. The Morgan fingerprint density at radius 1 is 1.35 bits per heavy atom.